The second-order valence-corrected chi connectivity index (χ2v) is 16.1. The first-order valence-electron chi connectivity index (χ1n) is 22.0. The molecule has 294 valence electrons. The third-order valence-corrected chi connectivity index (χ3v) is 11.1. The molecule has 5 nitrogen and oxygen atoms in total. The van der Waals surface area contributed by atoms with E-state index in [1.165, 1.54) is 122 Å². The summed E-state index contributed by atoms with van der Waals surface area (Å²) in [5.41, 5.74) is 0. The highest BCUT2D eigenvalue weighted by molar-refractivity contribution is 5.70. The highest BCUT2D eigenvalue weighted by Gasteiger charge is 2.39. The van der Waals surface area contributed by atoms with Crippen molar-refractivity contribution in [1.82, 2.24) is 4.90 Å². The van der Waals surface area contributed by atoms with Crippen LogP contribution in [-0.4, -0.2) is 49.7 Å². The van der Waals surface area contributed by atoms with Gasteiger partial charge in [0.15, 0.2) is 0 Å². The lowest BCUT2D eigenvalue weighted by atomic mass is 9.87. The second-order valence-electron chi connectivity index (χ2n) is 16.1. The van der Waals surface area contributed by atoms with Crippen molar-refractivity contribution in [2.24, 2.45) is 17.8 Å². The summed E-state index contributed by atoms with van der Waals surface area (Å²) in [4.78, 5) is 28.6. The van der Waals surface area contributed by atoms with E-state index in [2.05, 4.69) is 44.7 Å². The van der Waals surface area contributed by atoms with Crippen LogP contribution < -0.4 is 0 Å². The molecule has 1 saturated carbocycles. The highest BCUT2D eigenvalue weighted by Crippen LogP contribution is 2.40. The molecule has 0 spiro atoms. The summed E-state index contributed by atoms with van der Waals surface area (Å²) in [6.07, 6.45) is 38.0. The summed E-state index contributed by atoms with van der Waals surface area (Å²) >= 11 is 0. The lowest BCUT2D eigenvalue weighted by molar-refractivity contribution is -0.153. The van der Waals surface area contributed by atoms with Crippen LogP contribution >= 0.6 is 0 Å². The maximum absolute atomic E-state index is 13.7. The van der Waals surface area contributed by atoms with Crippen molar-refractivity contribution in [3.8, 4) is 0 Å². The molecular weight excluding hydrogens is 618 g/mol. The molecule has 0 bridgehead atoms. The van der Waals surface area contributed by atoms with Gasteiger partial charge in [0.1, 0.15) is 12.2 Å². The van der Waals surface area contributed by atoms with Crippen LogP contribution in [0.5, 0.6) is 0 Å². The molecule has 0 aromatic carbocycles. The number of carbonyl (C=O) groups excluding carboxylic acids is 2. The summed E-state index contributed by atoms with van der Waals surface area (Å²) in [5, 5.41) is 0. The van der Waals surface area contributed by atoms with E-state index in [1.54, 1.807) is 0 Å². The van der Waals surface area contributed by atoms with Crippen molar-refractivity contribution in [3.63, 3.8) is 0 Å². The van der Waals surface area contributed by atoms with Gasteiger partial charge in [-0.3, -0.25) is 9.59 Å². The van der Waals surface area contributed by atoms with Crippen molar-refractivity contribution in [3.05, 3.63) is 12.2 Å². The van der Waals surface area contributed by atoms with E-state index in [-0.39, 0.29) is 36.0 Å². The average Bonchev–Trinajstić information content (AvgIpc) is 3.45. The predicted molar refractivity (Wildman–Crippen MR) is 215 cm³/mol. The molecule has 0 aromatic rings. The zero-order chi connectivity index (χ0) is 36.7. The van der Waals surface area contributed by atoms with Crippen molar-refractivity contribution in [2.45, 2.75) is 226 Å². The first-order valence-corrected chi connectivity index (χ1v) is 22.0. The van der Waals surface area contributed by atoms with Gasteiger partial charge in [0.05, 0.1) is 0 Å². The number of unbranched alkanes of at least 4 members (excludes halogenated alkanes) is 15. The second kappa shape index (κ2) is 32.3. The topological polar surface area (TPSA) is 55.8 Å². The number of carbonyl (C=O) groups is 2. The summed E-state index contributed by atoms with van der Waals surface area (Å²) < 4.78 is 12.6. The number of rotatable bonds is 34. The van der Waals surface area contributed by atoms with E-state index in [1.807, 2.05) is 14.1 Å². The van der Waals surface area contributed by atoms with E-state index < -0.39 is 0 Å². The van der Waals surface area contributed by atoms with Gasteiger partial charge in [-0.2, -0.15) is 0 Å². The third kappa shape index (κ3) is 24.8. The Labute approximate surface area is 311 Å². The molecule has 50 heavy (non-hydrogen) atoms. The van der Waals surface area contributed by atoms with Crippen LogP contribution in [0.15, 0.2) is 12.2 Å². The monoisotopic (exact) mass is 704 g/mol. The van der Waals surface area contributed by atoms with E-state index in [0.717, 1.165) is 57.9 Å². The fourth-order valence-corrected chi connectivity index (χ4v) is 8.05. The molecule has 0 radical (unpaired) electrons. The Bertz CT molecular complexity index is 810. The average molecular weight is 704 g/mol. The molecule has 5 heteroatoms. The maximum atomic E-state index is 13.7. The quantitative estimate of drug-likeness (QED) is 0.0379. The van der Waals surface area contributed by atoms with Gasteiger partial charge in [0.25, 0.3) is 0 Å². The lowest BCUT2D eigenvalue weighted by Gasteiger charge is -2.27. The molecule has 4 unspecified atom stereocenters. The zero-order valence-electron chi connectivity index (χ0n) is 34.3. The van der Waals surface area contributed by atoms with Crippen LogP contribution in [0, 0.1) is 17.8 Å². The first-order chi connectivity index (χ1) is 24.3. The number of allylic oxidation sites excluding steroid dienone is 2. The molecule has 1 aliphatic rings. The standard InChI is InChI=1S/C45H85NO4/c1-7-11-15-18-21-25-29-39(30-26-22-19-16-12-8-2)37-41(31-27-23-20-17-13-9-3)49-45(48)38-40-34-35-43(42(40)32-24-14-10-4)50-44(47)33-28-36-46(5)6/h14,24,39-43H,7-13,15-23,25-38H2,1-6H3/b24-14-. The smallest absolute Gasteiger partial charge is 0.306 e. The van der Waals surface area contributed by atoms with Crippen LogP contribution in [0.1, 0.15) is 214 Å². The van der Waals surface area contributed by atoms with Gasteiger partial charge in [-0.05, 0) is 83.8 Å². The SMILES string of the molecule is CC/C=C\CC1C(CC(=O)OC(CCCCCCCC)CC(CCCCCCCC)CCCCCCCC)CCC1OC(=O)CCCN(C)C. The van der Waals surface area contributed by atoms with Crippen LogP contribution in [0.2, 0.25) is 0 Å². The molecule has 0 amide bonds. The fraction of sp³-hybridized carbons (Fsp3) is 0.911. The highest BCUT2D eigenvalue weighted by atomic mass is 16.5. The normalized spacial score (nSPS) is 18.4. The first kappa shape index (κ1) is 46.7. The molecular formula is C45H85NO4. The van der Waals surface area contributed by atoms with E-state index in [4.69, 9.17) is 9.47 Å². The number of hydrogen-bond acceptors (Lipinski definition) is 5. The summed E-state index contributed by atoms with van der Waals surface area (Å²) in [6.45, 7) is 9.89. The molecule has 1 rings (SSSR count). The van der Waals surface area contributed by atoms with Crippen molar-refractivity contribution >= 4 is 11.9 Å². The molecule has 0 heterocycles. The summed E-state index contributed by atoms with van der Waals surface area (Å²) in [7, 11) is 4.07. The predicted octanol–water partition coefficient (Wildman–Crippen LogP) is 13.2. The molecule has 1 aliphatic carbocycles. The minimum absolute atomic E-state index is 0.0219. The molecule has 0 aromatic heterocycles. The van der Waals surface area contributed by atoms with Crippen LogP contribution in [0.25, 0.3) is 0 Å². The Morgan fingerprint density at radius 1 is 0.660 bits per heavy atom. The number of esters is 2. The largest absolute Gasteiger partial charge is 0.462 e. The fourth-order valence-electron chi connectivity index (χ4n) is 8.05. The van der Waals surface area contributed by atoms with Crippen molar-refractivity contribution in [2.75, 3.05) is 20.6 Å². The van der Waals surface area contributed by atoms with E-state index in [0.29, 0.717) is 18.8 Å². The van der Waals surface area contributed by atoms with Crippen LogP contribution in [0.4, 0.5) is 0 Å². The van der Waals surface area contributed by atoms with Gasteiger partial charge < -0.3 is 14.4 Å². The summed E-state index contributed by atoms with van der Waals surface area (Å²) in [5.74, 6) is 0.935. The Balaban J connectivity index is 2.91. The Morgan fingerprint density at radius 2 is 1.20 bits per heavy atom. The van der Waals surface area contributed by atoms with Crippen LogP contribution in [0.3, 0.4) is 0 Å². The Kier molecular flexibility index (Phi) is 30.1. The maximum Gasteiger partial charge on any atom is 0.306 e. The molecule has 0 aliphatic heterocycles. The third-order valence-electron chi connectivity index (χ3n) is 11.1. The number of ether oxygens (including phenoxy) is 2. The molecule has 1 fully saturated rings. The Hall–Kier alpha value is -1.36. The Morgan fingerprint density at radius 3 is 1.74 bits per heavy atom. The lowest BCUT2D eigenvalue weighted by Crippen LogP contribution is -2.28. The van der Waals surface area contributed by atoms with Gasteiger partial charge in [-0.15, -0.1) is 0 Å². The van der Waals surface area contributed by atoms with Crippen molar-refractivity contribution < 1.29 is 19.1 Å². The number of hydrogen-bond donors (Lipinski definition) is 0. The van der Waals surface area contributed by atoms with Crippen molar-refractivity contribution in [1.29, 1.82) is 0 Å². The van der Waals surface area contributed by atoms with Gasteiger partial charge in [0, 0.05) is 18.8 Å². The summed E-state index contributed by atoms with van der Waals surface area (Å²) in [6, 6.07) is 0. The van der Waals surface area contributed by atoms with Gasteiger partial charge in [-0.1, -0.05) is 162 Å². The minimum Gasteiger partial charge on any atom is -0.462 e. The molecule has 4 atom stereocenters. The minimum atomic E-state index is -0.0980. The van der Waals surface area contributed by atoms with E-state index in [9.17, 15) is 9.59 Å². The number of nitrogens with zero attached hydrogens (tertiary/aromatic N) is 1. The molecule has 0 N–H and O–H groups in total. The van der Waals surface area contributed by atoms with E-state index >= 15 is 0 Å². The van der Waals surface area contributed by atoms with Gasteiger partial charge in [0.2, 0.25) is 0 Å². The molecule has 0 saturated heterocycles. The zero-order valence-corrected chi connectivity index (χ0v) is 34.3. The van der Waals surface area contributed by atoms with Gasteiger partial charge >= 0.3 is 11.9 Å². The van der Waals surface area contributed by atoms with Gasteiger partial charge in [-0.25, -0.2) is 0 Å². The van der Waals surface area contributed by atoms with Crippen LogP contribution in [-0.2, 0) is 19.1 Å².